The minimum absolute atomic E-state index is 0. The predicted octanol–water partition coefficient (Wildman–Crippen LogP) is 1.23. The summed E-state index contributed by atoms with van der Waals surface area (Å²) in [6, 6.07) is 3.24. The smallest absolute Gasteiger partial charge is 0.240 e. The lowest BCUT2D eigenvalue weighted by Crippen LogP contribution is -2.30. The molecule has 5 nitrogen and oxygen atoms in total. The van der Waals surface area contributed by atoms with Gasteiger partial charge in [0.05, 0.1) is 12.0 Å². The van der Waals surface area contributed by atoms with Crippen molar-refractivity contribution in [1.29, 1.82) is 0 Å². The van der Waals surface area contributed by atoms with Crippen molar-refractivity contribution in [1.82, 2.24) is 10.0 Å². The van der Waals surface area contributed by atoms with Gasteiger partial charge in [-0.25, -0.2) is 13.1 Å². The largest absolute Gasteiger partial charge is 0.496 e. The third-order valence-electron chi connectivity index (χ3n) is 2.62. The molecule has 1 rings (SSSR count). The molecule has 2 N–H and O–H groups in total. The second-order valence-electron chi connectivity index (χ2n) is 4.09. The molecule has 0 spiro atoms. The molecule has 19 heavy (non-hydrogen) atoms. The van der Waals surface area contributed by atoms with Crippen LogP contribution in [0.15, 0.2) is 17.0 Å². The van der Waals surface area contributed by atoms with Gasteiger partial charge in [0.25, 0.3) is 0 Å². The Morgan fingerprint density at radius 2 is 1.68 bits per heavy atom. The van der Waals surface area contributed by atoms with Crippen molar-refractivity contribution in [2.45, 2.75) is 18.7 Å². The first kappa shape index (κ1) is 18.2. The Hall–Kier alpha value is -0.820. The number of ether oxygens (including phenoxy) is 1. The maximum Gasteiger partial charge on any atom is 0.240 e. The molecule has 0 atom stereocenters. The number of benzene rings is 1. The predicted molar refractivity (Wildman–Crippen MR) is 78.8 cm³/mol. The number of rotatable bonds is 6. The fourth-order valence-corrected chi connectivity index (χ4v) is 2.98. The van der Waals surface area contributed by atoms with Crippen LogP contribution < -0.4 is 14.8 Å². The van der Waals surface area contributed by atoms with Crippen LogP contribution in [0.25, 0.3) is 0 Å². The van der Waals surface area contributed by atoms with Crippen LogP contribution in [0.2, 0.25) is 0 Å². The number of likely N-dealkylation sites (N-methyl/N-ethyl adjacent to an activating group) is 1. The third kappa shape index (κ3) is 4.65. The van der Waals surface area contributed by atoms with E-state index in [1.807, 2.05) is 13.8 Å². The number of hydrogen-bond acceptors (Lipinski definition) is 4. The maximum absolute atomic E-state index is 12.0. The second-order valence-corrected chi connectivity index (χ2v) is 5.86. The van der Waals surface area contributed by atoms with Gasteiger partial charge in [-0.05, 0) is 44.2 Å². The lowest BCUT2D eigenvalue weighted by molar-refractivity contribution is 0.408. The second kappa shape index (κ2) is 7.69. The number of hydrogen-bond donors (Lipinski definition) is 2. The number of sulfonamides is 1. The molecule has 1 aromatic rings. The average molecular weight is 309 g/mol. The van der Waals surface area contributed by atoms with Crippen molar-refractivity contribution in [2.24, 2.45) is 0 Å². The van der Waals surface area contributed by atoms with Gasteiger partial charge in [0.2, 0.25) is 10.0 Å². The zero-order valence-electron chi connectivity index (χ0n) is 11.6. The third-order valence-corrected chi connectivity index (χ3v) is 4.06. The summed E-state index contributed by atoms with van der Waals surface area (Å²) in [5.41, 5.74) is 1.62. The quantitative estimate of drug-likeness (QED) is 0.776. The fourth-order valence-electron chi connectivity index (χ4n) is 1.78. The number of halogens is 1. The van der Waals surface area contributed by atoms with Crippen LogP contribution in [0.4, 0.5) is 0 Å². The lowest BCUT2D eigenvalue weighted by Gasteiger charge is -2.12. The number of aryl methyl sites for hydroxylation is 2. The van der Waals surface area contributed by atoms with Crippen molar-refractivity contribution in [3.05, 3.63) is 23.3 Å². The van der Waals surface area contributed by atoms with Gasteiger partial charge in [-0.3, -0.25) is 0 Å². The molecule has 0 unspecified atom stereocenters. The van der Waals surface area contributed by atoms with E-state index in [1.54, 1.807) is 26.3 Å². The summed E-state index contributed by atoms with van der Waals surface area (Å²) < 4.78 is 31.8. The van der Waals surface area contributed by atoms with Crippen molar-refractivity contribution in [3.63, 3.8) is 0 Å². The van der Waals surface area contributed by atoms with Crippen LogP contribution >= 0.6 is 12.4 Å². The molecule has 0 aliphatic rings. The lowest BCUT2D eigenvalue weighted by atomic mass is 10.1. The Balaban J connectivity index is 0.00000324. The SMILES string of the molecule is CNCCNS(=O)(=O)c1cc(C)c(OC)c(C)c1.Cl. The first-order valence-corrected chi connectivity index (χ1v) is 7.20. The van der Waals surface area contributed by atoms with Crippen LogP contribution in [-0.4, -0.2) is 35.7 Å². The van der Waals surface area contributed by atoms with E-state index in [2.05, 4.69) is 10.0 Å². The Morgan fingerprint density at radius 3 is 2.11 bits per heavy atom. The highest BCUT2D eigenvalue weighted by Gasteiger charge is 2.16. The van der Waals surface area contributed by atoms with Gasteiger partial charge in [-0.2, -0.15) is 0 Å². The number of nitrogens with one attached hydrogen (secondary N) is 2. The highest BCUT2D eigenvalue weighted by Crippen LogP contribution is 2.26. The van der Waals surface area contributed by atoms with Crippen LogP contribution in [-0.2, 0) is 10.0 Å². The standard InChI is InChI=1S/C12H20N2O3S.ClH/c1-9-7-11(8-10(2)12(9)17-4)18(15,16)14-6-5-13-3;/h7-8,13-14H,5-6H2,1-4H3;1H. The molecule has 0 saturated carbocycles. The molecule has 1 aromatic carbocycles. The van der Waals surface area contributed by atoms with Gasteiger partial charge in [-0.1, -0.05) is 0 Å². The first-order valence-electron chi connectivity index (χ1n) is 5.72. The molecule has 0 aromatic heterocycles. The van der Waals surface area contributed by atoms with E-state index in [0.29, 0.717) is 13.1 Å². The fraction of sp³-hybridized carbons (Fsp3) is 0.500. The molecule has 7 heteroatoms. The molecule has 0 heterocycles. The van der Waals surface area contributed by atoms with E-state index >= 15 is 0 Å². The topological polar surface area (TPSA) is 67.4 Å². The Kier molecular flexibility index (Phi) is 7.36. The first-order chi connectivity index (χ1) is 8.42. The van der Waals surface area contributed by atoms with Gasteiger partial charge in [0.15, 0.2) is 0 Å². The molecule has 0 bridgehead atoms. The zero-order valence-corrected chi connectivity index (χ0v) is 13.2. The molecule has 0 radical (unpaired) electrons. The highest BCUT2D eigenvalue weighted by atomic mass is 35.5. The molecular formula is C12H21ClN2O3S. The van der Waals surface area contributed by atoms with Gasteiger partial charge < -0.3 is 10.1 Å². The van der Waals surface area contributed by atoms with Crippen molar-refractivity contribution in [2.75, 3.05) is 27.2 Å². The summed E-state index contributed by atoms with van der Waals surface area (Å²) in [4.78, 5) is 0.273. The van der Waals surface area contributed by atoms with Gasteiger partial charge in [0, 0.05) is 13.1 Å². The minimum Gasteiger partial charge on any atom is -0.496 e. The number of methoxy groups -OCH3 is 1. The van der Waals surface area contributed by atoms with Gasteiger partial charge >= 0.3 is 0 Å². The van der Waals surface area contributed by atoms with E-state index in [0.717, 1.165) is 16.9 Å². The van der Waals surface area contributed by atoms with E-state index in [9.17, 15) is 8.42 Å². The van der Waals surface area contributed by atoms with Crippen LogP contribution in [0.3, 0.4) is 0 Å². The summed E-state index contributed by atoms with van der Waals surface area (Å²) in [7, 11) is -0.0962. The maximum atomic E-state index is 12.0. The van der Waals surface area contributed by atoms with Crippen molar-refractivity contribution < 1.29 is 13.2 Å². The van der Waals surface area contributed by atoms with Crippen molar-refractivity contribution >= 4 is 22.4 Å². The van der Waals surface area contributed by atoms with E-state index in [-0.39, 0.29) is 17.3 Å². The molecule has 0 aliphatic heterocycles. The molecule has 0 saturated heterocycles. The molecule has 0 aliphatic carbocycles. The highest BCUT2D eigenvalue weighted by molar-refractivity contribution is 7.89. The Morgan fingerprint density at radius 1 is 1.16 bits per heavy atom. The summed E-state index contributed by atoms with van der Waals surface area (Å²) in [5, 5.41) is 2.89. The monoisotopic (exact) mass is 308 g/mol. The Labute approximate surface area is 121 Å². The van der Waals surface area contributed by atoms with E-state index in [4.69, 9.17) is 4.74 Å². The molecule has 110 valence electrons. The molecular weight excluding hydrogens is 288 g/mol. The van der Waals surface area contributed by atoms with Gasteiger partial charge in [0.1, 0.15) is 5.75 Å². The van der Waals surface area contributed by atoms with Gasteiger partial charge in [-0.15, -0.1) is 12.4 Å². The van der Waals surface area contributed by atoms with Crippen molar-refractivity contribution in [3.8, 4) is 5.75 Å². The summed E-state index contributed by atoms with van der Waals surface area (Å²) >= 11 is 0. The van der Waals surface area contributed by atoms with E-state index in [1.165, 1.54) is 0 Å². The van der Waals surface area contributed by atoms with Crippen LogP contribution in [0.5, 0.6) is 5.75 Å². The van der Waals surface area contributed by atoms with Crippen LogP contribution in [0.1, 0.15) is 11.1 Å². The van der Waals surface area contributed by atoms with E-state index < -0.39 is 10.0 Å². The summed E-state index contributed by atoms with van der Waals surface area (Å²) in [6.45, 7) is 4.62. The Bertz CT molecular complexity index is 495. The normalized spacial score (nSPS) is 10.9. The summed E-state index contributed by atoms with van der Waals surface area (Å²) in [5.74, 6) is 0.726. The zero-order chi connectivity index (χ0) is 13.8. The minimum atomic E-state index is -3.45. The molecule has 0 amide bonds. The molecule has 0 fully saturated rings. The van der Waals surface area contributed by atoms with Crippen LogP contribution in [0, 0.1) is 13.8 Å². The summed E-state index contributed by atoms with van der Waals surface area (Å²) in [6.07, 6.45) is 0. The average Bonchev–Trinajstić information content (AvgIpc) is 2.28.